The van der Waals surface area contributed by atoms with Crippen molar-refractivity contribution in [3.8, 4) is 16.9 Å². The fourth-order valence-electron chi connectivity index (χ4n) is 3.74. The zero-order chi connectivity index (χ0) is 25.2. The van der Waals surface area contributed by atoms with Crippen molar-refractivity contribution in [2.24, 2.45) is 0 Å². The van der Waals surface area contributed by atoms with E-state index >= 15 is 4.39 Å². The Labute approximate surface area is 190 Å². The molecule has 0 amide bonds. The Morgan fingerprint density at radius 2 is 1.35 bits per heavy atom. The summed E-state index contributed by atoms with van der Waals surface area (Å²) in [6, 6.07) is 5.49. The van der Waals surface area contributed by atoms with Gasteiger partial charge in [-0.25, -0.2) is 22.0 Å². The molecule has 0 heterocycles. The molecule has 34 heavy (non-hydrogen) atoms. The molecule has 0 aliphatic heterocycles. The highest BCUT2D eigenvalue weighted by molar-refractivity contribution is 5.72. The number of phenols is 1. The maximum Gasteiger partial charge on any atom is 0.422 e. The summed E-state index contributed by atoms with van der Waals surface area (Å²) in [5, 5.41) is 10.1. The minimum atomic E-state index is -5.24. The Balaban J connectivity index is 1.94. The molecule has 0 unspecified atom stereocenters. The fourth-order valence-corrected chi connectivity index (χ4v) is 3.74. The van der Waals surface area contributed by atoms with Gasteiger partial charge in [-0.15, -0.1) is 0 Å². The van der Waals surface area contributed by atoms with Crippen molar-refractivity contribution in [2.75, 3.05) is 0 Å². The first-order chi connectivity index (χ1) is 15.9. The molecule has 0 atom stereocenters. The maximum atomic E-state index is 15.2. The van der Waals surface area contributed by atoms with Gasteiger partial charge in [0.05, 0.1) is 5.56 Å². The standard InChI is InChI=1S/C25H20F8O/c1-2-3-4-13-5-7-15(17(26)9-13)22-21(34)12-18(27)16(24(22)30)8-6-14-10-19(28)23(20(29)11-14)25(31,32)33/h5,7,9-12,34H,2-4,6,8H2,1H3. The molecule has 0 saturated heterocycles. The van der Waals surface area contributed by atoms with Gasteiger partial charge in [-0.1, -0.05) is 25.5 Å². The van der Waals surface area contributed by atoms with E-state index in [4.69, 9.17) is 0 Å². The summed E-state index contributed by atoms with van der Waals surface area (Å²) < 4.78 is 110. The van der Waals surface area contributed by atoms with Gasteiger partial charge in [-0.2, -0.15) is 13.2 Å². The topological polar surface area (TPSA) is 20.2 Å². The fraction of sp³-hybridized carbons (Fsp3) is 0.280. The van der Waals surface area contributed by atoms with Crippen LogP contribution in [0.4, 0.5) is 35.1 Å². The van der Waals surface area contributed by atoms with Crippen LogP contribution in [0.5, 0.6) is 5.75 Å². The minimum absolute atomic E-state index is 0.261. The van der Waals surface area contributed by atoms with Gasteiger partial charge in [0.15, 0.2) is 0 Å². The SMILES string of the molecule is CCCCc1ccc(-c2c(O)cc(F)c(CCc3cc(F)c(C(F)(F)F)c(F)c3)c2F)c(F)c1. The Morgan fingerprint density at radius 3 is 1.91 bits per heavy atom. The third-order valence-electron chi connectivity index (χ3n) is 5.46. The predicted octanol–water partition coefficient (Wildman–Crippen LogP) is 7.90. The van der Waals surface area contributed by atoms with Crippen LogP contribution in [0.25, 0.3) is 11.1 Å². The van der Waals surface area contributed by atoms with Crippen LogP contribution in [0, 0.1) is 29.1 Å². The third kappa shape index (κ3) is 5.34. The van der Waals surface area contributed by atoms with Crippen molar-refractivity contribution in [3.63, 3.8) is 0 Å². The largest absolute Gasteiger partial charge is 0.507 e. The highest BCUT2D eigenvalue weighted by atomic mass is 19.4. The van der Waals surface area contributed by atoms with E-state index in [9.17, 15) is 35.8 Å². The molecule has 0 fully saturated rings. The molecule has 0 aromatic heterocycles. The van der Waals surface area contributed by atoms with Crippen LogP contribution in [0.1, 0.15) is 42.0 Å². The number of benzene rings is 3. The average Bonchev–Trinajstić information content (AvgIpc) is 2.71. The molecule has 9 heteroatoms. The quantitative estimate of drug-likeness (QED) is 0.335. The van der Waals surface area contributed by atoms with Gasteiger partial charge in [0.1, 0.15) is 40.4 Å². The Bertz CT molecular complexity index is 1180. The number of phenolic OH excluding ortho intramolecular Hbond substituents is 1. The molecule has 0 bridgehead atoms. The molecule has 0 spiro atoms. The maximum absolute atomic E-state index is 15.2. The summed E-state index contributed by atoms with van der Waals surface area (Å²) in [4.78, 5) is 0. The van der Waals surface area contributed by atoms with E-state index in [1.54, 1.807) is 6.07 Å². The lowest BCUT2D eigenvalue weighted by Crippen LogP contribution is -2.12. The molecule has 0 aliphatic rings. The highest BCUT2D eigenvalue weighted by Gasteiger charge is 2.37. The monoisotopic (exact) mass is 488 g/mol. The molecule has 182 valence electrons. The van der Waals surface area contributed by atoms with Crippen LogP contribution in [0.3, 0.4) is 0 Å². The second-order valence-corrected chi connectivity index (χ2v) is 7.90. The van der Waals surface area contributed by atoms with Gasteiger partial charge in [0.2, 0.25) is 0 Å². The van der Waals surface area contributed by atoms with Crippen molar-refractivity contribution in [1.29, 1.82) is 0 Å². The molecular formula is C25H20F8O. The number of hydrogen-bond acceptors (Lipinski definition) is 1. The second kappa shape index (κ2) is 10.0. The number of halogens is 8. The average molecular weight is 488 g/mol. The number of hydrogen-bond donors (Lipinski definition) is 1. The lowest BCUT2D eigenvalue weighted by Gasteiger charge is -2.14. The molecule has 1 N–H and O–H groups in total. The summed E-state index contributed by atoms with van der Waals surface area (Å²) in [5.41, 5.74) is -3.15. The second-order valence-electron chi connectivity index (χ2n) is 7.90. The van der Waals surface area contributed by atoms with Crippen LogP contribution in [-0.2, 0) is 25.4 Å². The Morgan fingerprint density at radius 1 is 0.735 bits per heavy atom. The molecule has 0 saturated carbocycles. The van der Waals surface area contributed by atoms with Crippen LogP contribution in [-0.4, -0.2) is 5.11 Å². The molecule has 0 radical (unpaired) electrons. The van der Waals surface area contributed by atoms with Gasteiger partial charge in [0, 0.05) is 17.2 Å². The summed E-state index contributed by atoms with van der Waals surface area (Å²) in [6.07, 6.45) is -3.88. The minimum Gasteiger partial charge on any atom is -0.507 e. The molecular weight excluding hydrogens is 468 g/mol. The van der Waals surface area contributed by atoms with Crippen molar-refractivity contribution in [3.05, 3.63) is 87.7 Å². The van der Waals surface area contributed by atoms with E-state index in [0.717, 1.165) is 12.8 Å². The number of aromatic hydroxyl groups is 1. The predicted molar refractivity (Wildman–Crippen MR) is 111 cm³/mol. The van der Waals surface area contributed by atoms with Crippen LogP contribution >= 0.6 is 0 Å². The summed E-state index contributed by atoms with van der Waals surface area (Å²) in [6.45, 7) is 1.96. The number of aryl methyl sites for hydroxylation is 2. The summed E-state index contributed by atoms with van der Waals surface area (Å²) in [5.74, 6) is -7.82. The van der Waals surface area contributed by atoms with Crippen molar-refractivity contribution in [1.82, 2.24) is 0 Å². The highest BCUT2D eigenvalue weighted by Crippen LogP contribution is 2.38. The van der Waals surface area contributed by atoms with Crippen molar-refractivity contribution >= 4 is 0 Å². The summed E-state index contributed by atoms with van der Waals surface area (Å²) >= 11 is 0. The molecule has 1 nitrogen and oxygen atoms in total. The van der Waals surface area contributed by atoms with Gasteiger partial charge in [0.25, 0.3) is 0 Å². The van der Waals surface area contributed by atoms with Crippen molar-refractivity contribution < 1.29 is 40.2 Å². The van der Waals surface area contributed by atoms with E-state index in [2.05, 4.69) is 0 Å². The van der Waals surface area contributed by atoms with E-state index in [-0.39, 0.29) is 11.1 Å². The third-order valence-corrected chi connectivity index (χ3v) is 5.46. The smallest absolute Gasteiger partial charge is 0.422 e. The van der Waals surface area contributed by atoms with Gasteiger partial charge in [-0.3, -0.25) is 0 Å². The molecule has 3 aromatic carbocycles. The van der Waals surface area contributed by atoms with Crippen LogP contribution in [0.2, 0.25) is 0 Å². The summed E-state index contributed by atoms with van der Waals surface area (Å²) in [7, 11) is 0. The zero-order valence-corrected chi connectivity index (χ0v) is 18.0. The van der Waals surface area contributed by atoms with Gasteiger partial charge < -0.3 is 5.11 Å². The van der Waals surface area contributed by atoms with E-state index in [1.807, 2.05) is 6.92 Å². The normalized spacial score (nSPS) is 11.8. The van der Waals surface area contributed by atoms with E-state index in [0.29, 0.717) is 30.2 Å². The first-order valence-electron chi connectivity index (χ1n) is 10.5. The number of rotatable bonds is 7. The zero-order valence-electron chi connectivity index (χ0n) is 18.0. The Kier molecular flexibility index (Phi) is 7.53. The number of unbranched alkanes of at least 4 members (excludes halogenated alkanes) is 1. The Hall–Kier alpha value is -3.10. The lowest BCUT2D eigenvalue weighted by molar-refractivity contribution is -0.142. The van der Waals surface area contributed by atoms with Crippen molar-refractivity contribution in [2.45, 2.75) is 45.2 Å². The molecule has 3 rings (SSSR count). The first kappa shape index (κ1) is 25.5. The first-order valence-corrected chi connectivity index (χ1v) is 10.5. The molecule has 3 aromatic rings. The molecule has 0 aliphatic carbocycles. The van der Waals surface area contributed by atoms with E-state index in [1.165, 1.54) is 12.1 Å². The lowest BCUT2D eigenvalue weighted by atomic mass is 9.95. The van der Waals surface area contributed by atoms with Gasteiger partial charge in [-0.05, 0) is 55.0 Å². The van der Waals surface area contributed by atoms with Crippen LogP contribution in [0.15, 0.2) is 36.4 Å². The van der Waals surface area contributed by atoms with Crippen LogP contribution < -0.4 is 0 Å². The number of alkyl halides is 3. The van der Waals surface area contributed by atoms with Gasteiger partial charge >= 0.3 is 6.18 Å². The van der Waals surface area contributed by atoms with E-state index < -0.39 is 70.5 Å².